The minimum atomic E-state index is -0.365. The van der Waals surface area contributed by atoms with Crippen LogP contribution in [0.25, 0.3) is 0 Å². The van der Waals surface area contributed by atoms with E-state index >= 15 is 0 Å². The predicted molar refractivity (Wildman–Crippen MR) is 85.9 cm³/mol. The van der Waals surface area contributed by atoms with Crippen LogP contribution in [0.4, 0.5) is 5.69 Å². The Balaban J connectivity index is 1.66. The maximum atomic E-state index is 12.5. The number of nitrogens with zero attached hydrogens (tertiary/aromatic N) is 1. The predicted octanol–water partition coefficient (Wildman–Crippen LogP) is 2.13. The summed E-state index contributed by atoms with van der Waals surface area (Å²) >= 11 is 1.47. The minimum absolute atomic E-state index is 0.0223. The van der Waals surface area contributed by atoms with Crippen LogP contribution in [0.5, 0.6) is 0 Å². The van der Waals surface area contributed by atoms with Gasteiger partial charge >= 0.3 is 0 Å². The Labute approximate surface area is 134 Å². The normalized spacial score (nSPS) is 28.0. The molecule has 1 saturated heterocycles. The quantitative estimate of drug-likeness (QED) is 0.907. The van der Waals surface area contributed by atoms with Gasteiger partial charge in [-0.05, 0) is 26.0 Å². The summed E-state index contributed by atoms with van der Waals surface area (Å²) in [5.41, 5.74) is 0.829. The molecule has 3 rings (SSSR count). The fraction of sp³-hybridized carbons (Fsp3) is 0.500. The maximum absolute atomic E-state index is 12.5. The molecule has 0 aliphatic carbocycles. The molecule has 2 aliphatic rings. The highest BCUT2D eigenvalue weighted by molar-refractivity contribution is 8.01. The van der Waals surface area contributed by atoms with E-state index in [9.17, 15) is 9.59 Å². The third-order valence-electron chi connectivity index (χ3n) is 3.84. The van der Waals surface area contributed by atoms with E-state index in [-0.39, 0.29) is 35.7 Å². The van der Waals surface area contributed by atoms with Crippen LogP contribution < -0.4 is 5.32 Å². The van der Waals surface area contributed by atoms with Gasteiger partial charge in [0.1, 0.15) is 0 Å². The van der Waals surface area contributed by atoms with E-state index in [0.717, 1.165) is 10.6 Å². The number of anilines is 1. The van der Waals surface area contributed by atoms with Crippen molar-refractivity contribution in [3.05, 3.63) is 24.3 Å². The van der Waals surface area contributed by atoms with Gasteiger partial charge in [0.25, 0.3) is 0 Å². The fourth-order valence-electron chi connectivity index (χ4n) is 2.90. The van der Waals surface area contributed by atoms with Crippen molar-refractivity contribution in [1.29, 1.82) is 0 Å². The van der Waals surface area contributed by atoms with E-state index < -0.39 is 0 Å². The second-order valence-electron chi connectivity index (χ2n) is 5.85. The van der Waals surface area contributed by atoms with Crippen molar-refractivity contribution in [3.63, 3.8) is 0 Å². The molecule has 22 heavy (non-hydrogen) atoms. The second-order valence-corrected chi connectivity index (χ2v) is 7.10. The Hall–Kier alpha value is -1.53. The first-order valence-corrected chi connectivity index (χ1v) is 8.40. The maximum Gasteiger partial charge on any atom is 0.238 e. The monoisotopic (exact) mass is 320 g/mol. The van der Waals surface area contributed by atoms with Crippen LogP contribution in [-0.4, -0.2) is 47.3 Å². The summed E-state index contributed by atoms with van der Waals surface area (Å²) in [5.74, 6) is -0.0690. The molecule has 1 aromatic rings. The highest BCUT2D eigenvalue weighted by Crippen LogP contribution is 2.36. The molecule has 2 heterocycles. The highest BCUT2D eigenvalue weighted by Gasteiger charge is 2.32. The van der Waals surface area contributed by atoms with Crippen LogP contribution >= 0.6 is 11.8 Å². The number of fused-ring (bicyclic) bond motifs is 1. The summed E-state index contributed by atoms with van der Waals surface area (Å²) in [6.45, 7) is 5.13. The van der Waals surface area contributed by atoms with Gasteiger partial charge in [-0.2, -0.15) is 0 Å². The van der Waals surface area contributed by atoms with Crippen molar-refractivity contribution in [3.8, 4) is 0 Å². The van der Waals surface area contributed by atoms with E-state index in [2.05, 4.69) is 5.32 Å². The Morgan fingerprint density at radius 3 is 2.73 bits per heavy atom. The lowest BCUT2D eigenvalue weighted by atomic mass is 10.2. The number of hydrogen-bond donors (Lipinski definition) is 1. The molecule has 1 N–H and O–H groups in total. The number of morpholine rings is 1. The number of carbonyl (C=O) groups is 2. The Morgan fingerprint density at radius 2 is 2.00 bits per heavy atom. The van der Waals surface area contributed by atoms with E-state index in [0.29, 0.717) is 13.1 Å². The number of carbonyl (C=O) groups excluding carboxylic acids is 2. The molecule has 0 spiro atoms. The molecule has 5 nitrogen and oxygen atoms in total. The van der Waals surface area contributed by atoms with E-state index in [1.165, 1.54) is 11.8 Å². The van der Waals surface area contributed by atoms with Crippen LogP contribution in [0.2, 0.25) is 0 Å². The summed E-state index contributed by atoms with van der Waals surface area (Å²) in [6, 6.07) is 7.68. The number of rotatable bonds is 2. The van der Waals surface area contributed by atoms with Gasteiger partial charge < -0.3 is 15.0 Å². The largest absolute Gasteiger partial charge is 0.372 e. The van der Waals surface area contributed by atoms with Gasteiger partial charge in [-0.1, -0.05) is 12.1 Å². The van der Waals surface area contributed by atoms with Crippen molar-refractivity contribution in [1.82, 2.24) is 4.90 Å². The van der Waals surface area contributed by atoms with Crippen molar-refractivity contribution >= 4 is 29.3 Å². The first-order chi connectivity index (χ1) is 10.5. The summed E-state index contributed by atoms with van der Waals surface area (Å²) in [5, 5.41) is 2.52. The van der Waals surface area contributed by atoms with Crippen molar-refractivity contribution in [2.24, 2.45) is 0 Å². The first-order valence-electron chi connectivity index (χ1n) is 7.52. The molecule has 3 unspecified atom stereocenters. The van der Waals surface area contributed by atoms with Gasteiger partial charge in [0.15, 0.2) is 0 Å². The van der Waals surface area contributed by atoms with Crippen LogP contribution in [0.15, 0.2) is 29.2 Å². The first kappa shape index (κ1) is 15.4. The van der Waals surface area contributed by atoms with Gasteiger partial charge in [0.05, 0.1) is 23.1 Å². The molecule has 0 bridgehead atoms. The molecule has 0 saturated carbocycles. The molecule has 3 atom stereocenters. The molecule has 2 aliphatic heterocycles. The lowest BCUT2D eigenvalue weighted by Gasteiger charge is -2.36. The Bertz CT molecular complexity index is 583. The summed E-state index contributed by atoms with van der Waals surface area (Å²) < 4.78 is 5.65. The van der Waals surface area contributed by atoms with E-state index in [1.807, 2.05) is 43.0 Å². The summed E-state index contributed by atoms with van der Waals surface area (Å²) in [6.07, 6.45) is 0.312. The molecule has 118 valence electrons. The van der Waals surface area contributed by atoms with Gasteiger partial charge in [-0.3, -0.25) is 9.59 Å². The highest BCUT2D eigenvalue weighted by atomic mass is 32.2. The van der Waals surface area contributed by atoms with Crippen LogP contribution in [0.1, 0.15) is 20.3 Å². The van der Waals surface area contributed by atoms with E-state index in [1.54, 1.807) is 0 Å². The fourth-order valence-corrected chi connectivity index (χ4v) is 4.00. The molecular formula is C16H20N2O3S. The lowest BCUT2D eigenvalue weighted by molar-refractivity contribution is -0.143. The van der Waals surface area contributed by atoms with Crippen LogP contribution in [-0.2, 0) is 14.3 Å². The Morgan fingerprint density at radius 1 is 1.32 bits per heavy atom. The Kier molecular flexibility index (Phi) is 4.40. The van der Waals surface area contributed by atoms with Gasteiger partial charge in [-0.15, -0.1) is 11.8 Å². The van der Waals surface area contributed by atoms with Crippen LogP contribution in [0, 0.1) is 0 Å². The minimum Gasteiger partial charge on any atom is -0.372 e. The number of ether oxygens (including phenoxy) is 1. The number of nitrogens with one attached hydrogen (secondary N) is 1. The molecule has 6 heteroatoms. The molecule has 1 fully saturated rings. The third kappa shape index (κ3) is 3.28. The number of thioether (sulfide) groups is 1. The van der Waals surface area contributed by atoms with Crippen molar-refractivity contribution < 1.29 is 14.3 Å². The lowest BCUT2D eigenvalue weighted by Crippen LogP contribution is -2.49. The summed E-state index contributed by atoms with van der Waals surface area (Å²) in [7, 11) is 0. The molecule has 1 aromatic carbocycles. The van der Waals surface area contributed by atoms with E-state index in [4.69, 9.17) is 4.74 Å². The smallest absolute Gasteiger partial charge is 0.238 e. The molecular weight excluding hydrogens is 300 g/mol. The number of amides is 2. The molecule has 0 radical (unpaired) electrons. The number of hydrogen-bond acceptors (Lipinski definition) is 4. The third-order valence-corrected chi connectivity index (χ3v) is 5.11. The van der Waals surface area contributed by atoms with Crippen molar-refractivity contribution in [2.45, 2.75) is 42.6 Å². The number of para-hydroxylation sites is 1. The molecule has 0 aromatic heterocycles. The van der Waals surface area contributed by atoms with Gasteiger partial charge in [0.2, 0.25) is 11.8 Å². The van der Waals surface area contributed by atoms with Crippen LogP contribution in [0.3, 0.4) is 0 Å². The van der Waals surface area contributed by atoms with Gasteiger partial charge in [-0.25, -0.2) is 0 Å². The summed E-state index contributed by atoms with van der Waals surface area (Å²) in [4.78, 5) is 27.5. The second kappa shape index (κ2) is 6.30. The molecule has 2 amide bonds. The number of benzene rings is 1. The zero-order valence-electron chi connectivity index (χ0n) is 12.7. The average Bonchev–Trinajstić information content (AvgIpc) is 2.47. The topological polar surface area (TPSA) is 58.6 Å². The average molecular weight is 320 g/mol. The zero-order chi connectivity index (χ0) is 15.7. The standard InChI is InChI=1S/C16H20N2O3S/c1-10-8-18(9-11(2)21-10)15(19)7-14-16(20)17-12-5-3-4-6-13(12)22-14/h3-6,10-11,14H,7-9H2,1-2H3,(H,17,20). The zero-order valence-corrected chi connectivity index (χ0v) is 13.6. The SMILES string of the molecule is CC1CN(C(=O)CC2Sc3ccccc3NC2=O)CC(C)O1. The van der Waals surface area contributed by atoms with Crippen molar-refractivity contribution in [2.75, 3.05) is 18.4 Å². The van der Waals surface area contributed by atoms with Gasteiger partial charge in [0, 0.05) is 24.4 Å².